The number of piperidine rings is 1. The Morgan fingerprint density at radius 3 is 3.17 bits per heavy atom. The molecule has 1 unspecified atom stereocenters. The second-order valence-corrected chi connectivity index (χ2v) is 5.51. The maximum absolute atomic E-state index is 12.3. The summed E-state index contributed by atoms with van der Waals surface area (Å²) in [5.74, 6) is 0.0484. The summed E-state index contributed by atoms with van der Waals surface area (Å²) in [4.78, 5) is 14.8. The standard InChI is InChI=1S/C13H20N2O2S/c1-2-7-17-10-4-3-6-15(9-10)13(16)12-11(14)5-8-18-12/h5,8,10H,2-4,6-7,9,14H2,1H3. The molecular formula is C13H20N2O2S. The molecule has 0 aliphatic carbocycles. The van der Waals surface area contributed by atoms with E-state index in [2.05, 4.69) is 6.92 Å². The number of carbonyl (C=O) groups is 1. The van der Waals surface area contributed by atoms with Crippen molar-refractivity contribution < 1.29 is 9.53 Å². The first-order valence-corrected chi connectivity index (χ1v) is 7.34. The van der Waals surface area contributed by atoms with Gasteiger partial charge in [-0.05, 0) is 30.7 Å². The third kappa shape index (κ3) is 3.03. The van der Waals surface area contributed by atoms with E-state index in [1.165, 1.54) is 11.3 Å². The maximum atomic E-state index is 12.3. The number of likely N-dealkylation sites (tertiary alicyclic amines) is 1. The molecule has 1 aliphatic rings. The highest BCUT2D eigenvalue weighted by atomic mass is 32.1. The van der Waals surface area contributed by atoms with E-state index in [0.29, 0.717) is 17.1 Å². The number of nitrogen functional groups attached to an aromatic ring is 1. The summed E-state index contributed by atoms with van der Waals surface area (Å²) < 4.78 is 5.74. The molecule has 100 valence electrons. The lowest BCUT2D eigenvalue weighted by atomic mass is 10.1. The number of rotatable bonds is 4. The van der Waals surface area contributed by atoms with E-state index in [9.17, 15) is 4.79 Å². The van der Waals surface area contributed by atoms with Crippen LogP contribution in [0.25, 0.3) is 0 Å². The predicted octanol–water partition coefficient (Wildman–Crippen LogP) is 2.36. The van der Waals surface area contributed by atoms with Gasteiger partial charge in [-0.1, -0.05) is 6.92 Å². The molecule has 1 aromatic heterocycles. The molecule has 0 spiro atoms. The van der Waals surface area contributed by atoms with Gasteiger partial charge in [0.15, 0.2) is 0 Å². The van der Waals surface area contributed by atoms with Crippen LogP contribution < -0.4 is 5.73 Å². The van der Waals surface area contributed by atoms with Crippen LogP contribution in [0.5, 0.6) is 0 Å². The van der Waals surface area contributed by atoms with Crippen molar-refractivity contribution in [3.8, 4) is 0 Å². The molecule has 0 aromatic carbocycles. The molecule has 0 radical (unpaired) electrons. The van der Waals surface area contributed by atoms with Gasteiger partial charge in [0, 0.05) is 19.7 Å². The number of nitrogens with two attached hydrogens (primary N) is 1. The zero-order chi connectivity index (χ0) is 13.0. The zero-order valence-electron chi connectivity index (χ0n) is 10.7. The molecule has 0 saturated carbocycles. The van der Waals surface area contributed by atoms with Crippen LogP contribution in [0.15, 0.2) is 11.4 Å². The first-order valence-electron chi connectivity index (χ1n) is 6.46. The minimum absolute atomic E-state index is 0.0484. The summed E-state index contributed by atoms with van der Waals surface area (Å²) in [6, 6.07) is 1.78. The molecule has 5 heteroatoms. The molecule has 1 atom stereocenters. The predicted molar refractivity (Wildman–Crippen MR) is 73.9 cm³/mol. The third-order valence-electron chi connectivity index (χ3n) is 3.11. The Bertz CT molecular complexity index is 405. The van der Waals surface area contributed by atoms with E-state index in [1.54, 1.807) is 6.07 Å². The number of nitrogens with zero attached hydrogens (tertiary/aromatic N) is 1. The summed E-state index contributed by atoms with van der Waals surface area (Å²) in [7, 11) is 0. The fourth-order valence-corrected chi connectivity index (χ4v) is 2.96. The first-order chi connectivity index (χ1) is 8.72. The summed E-state index contributed by atoms with van der Waals surface area (Å²) in [6.45, 7) is 4.37. The van der Waals surface area contributed by atoms with Crippen molar-refractivity contribution >= 4 is 22.9 Å². The highest BCUT2D eigenvalue weighted by Crippen LogP contribution is 2.23. The second kappa shape index (κ2) is 6.20. The Labute approximate surface area is 112 Å². The molecular weight excluding hydrogens is 248 g/mol. The van der Waals surface area contributed by atoms with Crippen molar-refractivity contribution in [2.75, 3.05) is 25.4 Å². The number of hydrogen-bond donors (Lipinski definition) is 1. The molecule has 1 aromatic rings. The highest BCUT2D eigenvalue weighted by Gasteiger charge is 2.26. The molecule has 2 N–H and O–H groups in total. The van der Waals surface area contributed by atoms with Crippen molar-refractivity contribution in [2.24, 2.45) is 0 Å². The van der Waals surface area contributed by atoms with Gasteiger partial charge in [0.1, 0.15) is 4.88 Å². The van der Waals surface area contributed by atoms with Gasteiger partial charge in [-0.3, -0.25) is 4.79 Å². The normalized spacial score (nSPS) is 20.1. The quantitative estimate of drug-likeness (QED) is 0.912. The summed E-state index contributed by atoms with van der Waals surface area (Å²) in [5.41, 5.74) is 6.38. The van der Waals surface area contributed by atoms with Crippen LogP contribution >= 0.6 is 11.3 Å². The van der Waals surface area contributed by atoms with E-state index >= 15 is 0 Å². The highest BCUT2D eigenvalue weighted by molar-refractivity contribution is 7.12. The van der Waals surface area contributed by atoms with Crippen LogP contribution in [-0.2, 0) is 4.74 Å². The maximum Gasteiger partial charge on any atom is 0.266 e. The molecule has 2 rings (SSSR count). The number of hydrogen-bond acceptors (Lipinski definition) is 4. The number of amides is 1. The van der Waals surface area contributed by atoms with E-state index in [1.807, 2.05) is 10.3 Å². The van der Waals surface area contributed by atoms with Gasteiger partial charge in [0.2, 0.25) is 0 Å². The Kier molecular flexibility index (Phi) is 4.60. The van der Waals surface area contributed by atoms with E-state index in [0.717, 1.165) is 32.4 Å². The Morgan fingerprint density at radius 2 is 2.50 bits per heavy atom. The SMILES string of the molecule is CCCOC1CCCN(C(=O)c2sccc2N)C1. The van der Waals surface area contributed by atoms with Gasteiger partial charge in [-0.2, -0.15) is 0 Å². The molecule has 1 fully saturated rings. The van der Waals surface area contributed by atoms with Crippen molar-refractivity contribution in [3.63, 3.8) is 0 Å². The summed E-state index contributed by atoms with van der Waals surface area (Å²) in [6.07, 6.45) is 3.25. The zero-order valence-corrected chi connectivity index (χ0v) is 11.5. The van der Waals surface area contributed by atoms with Crippen molar-refractivity contribution in [3.05, 3.63) is 16.3 Å². The Morgan fingerprint density at radius 1 is 1.67 bits per heavy atom. The fraction of sp³-hybridized carbons (Fsp3) is 0.615. The first kappa shape index (κ1) is 13.4. The van der Waals surface area contributed by atoms with Gasteiger partial charge in [-0.25, -0.2) is 0 Å². The molecule has 4 nitrogen and oxygen atoms in total. The van der Waals surface area contributed by atoms with Gasteiger partial charge in [0.05, 0.1) is 11.8 Å². The van der Waals surface area contributed by atoms with Crippen LogP contribution in [0.2, 0.25) is 0 Å². The van der Waals surface area contributed by atoms with Gasteiger partial charge in [-0.15, -0.1) is 11.3 Å². The topological polar surface area (TPSA) is 55.6 Å². The molecule has 1 amide bonds. The largest absolute Gasteiger partial charge is 0.397 e. The Hall–Kier alpha value is -1.07. The van der Waals surface area contributed by atoms with E-state index in [-0.39, 0.29) is 12.0 Å². The van der Waals surface area contributed by atoms with Crippen molar-refractivity contribution in [1.29, 1.82) is 0 Å². The van der Waals surface area contributed by atoms with Crippen LogP contribution in [0, 0.1) is 0 Å². The lowest BCUT2D eigenvalue weighted by molar-refractivity contribution is 0.00230. The number of ether oxygens (including phenoxy) is 1. The second-order valence-electron chi connectivity index (χ2n) is 4.59. The van der Waals surface area contributed by atoms with Gasteiger partial charge in [0.25, 0.3) is 5.91 Å². The van der Waals surface area contributed by atoms with Crippen molar-refractivity contribution in [2.45, 2.75) is 32.3 Å². The lowest BCUT2D eigenvalue weighted by Crippen LogP contribution is -2.43. The lowest BCUT2D eigenvalue weighted by Gasteiger charge is -2.32. The minimum Gasteiger partial charge on any atom is -0.397 e. The average Bonchev–Trinajstić information content (AvgIpc) is 2.82. The monoisotopic (exact) mass is 268 g/mol. The van der Waals surface area contributed by atoms with Crippen molar-refractivity contribution in [1.82, 2.24) is 4.90 Å². The molecule has 1 aliphatic heterocycles. The third-order valence-corrected chi connectivity index (χ3v) is 4.03. The molecule has 18 heavy (non-hydrogen) atoms. The van der Waals surface area contributed by atoms with Gasteiger partial charge < -0.3 is 15.4 Å². The van der Waals surface area contributed by atoms with Crippen LogP contribution in [-0.4, -0.2) is 36.6 Å². The smallest absolute Gasteiger partial charge is 0.266 e. The average molecular weight is 268 g/mol. The Balaban J connectivity index is 1.96. The van der Waals surface area contributed by atoms with Gasteiger partial charge >= 0.3 is 0 Å². The van der Waals surface area contributed by atoms with Crippen LogP contribution in [0.1, 0.15) is 35.9 Å². The molecule has 0 bridgehead atoms. The van der Waals surface area contributed by atoms with E-state index < -0.39 is 0 Å². The molecule has 1 saturated heterocycles. The summed E-state index contributed by atoms with van der Waals surface area (Å²) in [5, 5.41) is 1.86. The molecule has 2 heterocycles. The van der Waals surface area contributed by atoms with Crippen LogP contribution in [0.4, 0.5) is 5.69 Å². The fourth-order valence-electron chi connectivity index (χ4n) is 2.18. The van der Waals surface area contributed by atoms with Crippen LogP contribution in [0.3, 0.4) is 0 Å². The summed E-state index contributed by atoms with van der Waals surface area (Å²) >= 11 is 1.41. The number of carbonyl (C=O) groups excluding carboxylic acids is 1. The van der Waals surface area contributed by atoms with E-state index in [4.69, 9.17) is 10.5 Å². The number of anilines is 1. The number of thiophene rings is 1. The minimum atomic E-state index is 0.0484.